The first-order valence-corrected chi connectivity index (χ1v) is 8.99. The lowest BCUT2D eigenvalue weighted by molar-refractivity contribution is -0.123. The van der Waals surface area contributed by atoms with Crippen molar-refractivity contribution >= 4 is 10.1 Å². The molecule has 0 radical (unpaired) electrons. The van der Waals surface area contributed by atoms with E-state index in [1.165, 1.54) is 0 Å². The fourth-order valence-electron chi connectivity index (χ4n) is 4.20. The molecule has 4 atom stereocenters. The highest BCUT2D eigenvalue weighted by molar-refractivity contribution is 7.86. The molecule has 5 nitrogen and oxygen atoms in total. The van der Waals surface area contributed by atoms with E-state index in [-0.39, 0.29) is 18.1 Å². The molecule has 2 aliphatic rings. The molecule has 2 fully saturated rings. The Labute approximate surface area is 130 Å². The molecule has 130 valence electrons. The van der Waals surface area contributed by atoms with E-state index in [1.54, 1.807) is 7.11 Å². The van der Waals surface area contributed by atoms with Crippen molar-refractivity contribution in [3.05, 3.63) is 0 Å². The third-order valence-electron chi connectivity index (χ3n) is 4.88. The van der Waals surface area contributed by atoms with E-state index in [9.17, 15) is 17.2 Å². The minimum Gasteiger partial charge on any atom is -0.378 e. The SMILES string of the molecule is COC12CC(C)CC(CC(COCC(F)(F)S(=O)(=O)O)C1)C2. The van der Waals surface area contributed by atoms with Crippen molar-refractivity contribution in [2.45, 2.75) is 49.9 Å². The van der Waals surface area contributed by atoms with Gasteiger partial charge in [-0.2, -0.15) is 17.2 Å². The van der Waals surface area contributed by atoms with Gasteiger partial charge in [0.05, 0.1) is 5.60 Å². The number of rotatable bonds is 6. The number of hydrogen-bond acceptors (Lipinski definition) is 4. The normalized spacial score (nSPS) is 36.3. The average molecular weight is 342 g/mol. The first-order valence-electron chi connectivity index (χ1n) is 7.55. The molecule has 2 aliphatic carbocycles. The van der Waals surface area contributed by atoms with E-state index < -0.39 is 22.0 Å². The lowest BCUT2D eigenvalue weighted by Crippen LogP contribution is -2.47. The summed E-state index contributed by atoms with van der Waals surface area (Å²) in [7, 11) is -3.74. The molecule has 1 N–H and O–H groups in total. The second-order valence-corrected chi connectivity index (χ2v) is 8.48. The maximum absolute atomic E-state index is 13.1. The zero-order valence-corrected chi connectivity index (χ0v) is 13.7. The molecule has 0 saturated heterocycles. The van der Waals surface area contributed by atoms with E-state index in [0.717, 1.165) is 32.1 Å². The number of hydrogen-bond donors (Lipinski definition) is 1. The molecule has 0 aromatic rings. The van der Waals surface area contributed by atoms with Crippen LogP contribution in [0.15, 0.2) is 0 Å². The van der Waals surface area contributed by atoms with Gasteiger partial charge in [-0.3, -0.25) is 4.55 Å². The predicted octanol–water partition coefficient (Wildman–Crippen LogP) is 2.72. The third kappa shape index (κ3) is 3.96. The maximum atomic E-state index is 13.1. The van der Waals surface area contributed by atoms with Crippen LogP contribution in [0.4, 0.5) is 8.78 Å². The Kier molecular flexibility index (Phi) is 5.16. The predicted molar refractivity (Wildman–Crippen MR) is 76.3 cm³/mol. The van der Waals surface area contributed by atoms with Crippen LogP contribution in [0.5, 0.6) is 0 Å². The van der Waals surface area contributed by atoms with Gasteiger partial charge in [0.15, 0.2) is 0 Å². The topological polar surface area (TPSA) is 72.8 Å². The van der Waals surface area contributed by atoms with Crippen molar-refractivity contribution in [2.24, 2.45) is 17.8 Å². The number of fused-ring (bicyclic) bond motifs is 2. The van der Waals surface area contributed by atoms with Gasteiger partial charge in [-0.1, -0.05) is 6.92 Å². The minimum absolute atomic E-state index is 0.0566. The van der Waals surface area contributed by atoms with Crippen LogP contribution in [-0.2, 0) is 19.6 Å². The Morgan fingerprint density at radius 3 is 2.55 bits per heavy atom. The standard InChI is InChI=1S/C14H24F2O5S/c1-10-3-11-4-12(7-13(5-10,6-11)20-2)8-21-9-14(15,16)22(17,18)19/h10-12H,3-9H2,1-2H3,(H,17,18,19). The number of methoxy groups -OCH3 is 1. The first kappa shape index (κ1) is 18.0. The van der Waals surface area contributed by atoms with Gasteiger partial charge in [0.1, 0.15) is 6.61 Å². The molecule has 4 unspecified atom stereocenters. The van der Waals surface area contributed by atoms with Gasteiger partial charge in [-0.25, -0.2) is 0 Å². The lowest BCUT2D eigenvalue weighted by Gasteiger charge is -2.49. The van der Waals surface area contributed by atoms with E-state index in [1.807, 2.05) is 0 Å². The molecule has 2 saturated carbocycles. The highest BCUT2D eigenvalue weighted by Crippen LogP contribution is 2.49. The maximum Gasteiger partial charge on any atom is 0.392 e. The molecule has 0 spiro atoms. The number of alkyl halides is 2. The largest absolute Gasteiger partial charge is 0.392 e. The Bertz CT molecular complexity index is 491. The van der Waals surface area contributed by atoms with E-state index in [2.05, 4.69) is 6.92 Å². The van der Waals surface area contributed by atoms with Crippen LogP contribution < -0.4 is 0 Å². The van der Waals surface area contributed by atoms with Gasteiger partial charge in [0.25, 0.3) is 0 Å². The van der Waals surface area contributed by atoms with Crippen molar-refractivity contribution in [1.82, 2.24) is 0 Å². The summed E-state index contributed by atoms with van der Waals surface area (Å²) in [5.41, 5.74) is -0.208. The van der Waals surface area contributed by atoms with Gasteiger partial charge < -0.3 is 9.47 Å². The van der Waals surface area contributed by atoms with Crippen molar-refractivity contribution in [3.8, 4) is 0 Å². The van der Waals surface area contributed by atoms with Crippen molar-refractivity contribution in [3.63, 3.8) is 0 Å². The number of halogens is 2. The summed E-state index contributed by atoms with van der Waals surface area (Å²) in [5, 5.41) is -4.26. The summed E-state index contributed by atoms with van der Waals surface area (Å²) in [6.07, 6.45) is 4.67. The molecular weight excluding hydrogens is 318 g/mol. The summed E-state index contributed by atoms with van der Waals surface area (Å²) >= 11 is 0. The Balaban J connectivity index is 1.90. The van der Waals surface area contributed by atoms with Gasteiger partial charge in [-0.15, -0.1) is 0 Å². The number of ether oxygens (including phenoxy) is 2. The molecular formula is C14H24F2O5S. The summed E-state index contributed by atoms with van der Waals surface area (Å²) in [6, 6.07) is 0. The smallest absolute Gasteiger partial charge is 0.378 e. The van der Waals surface area contributed by atoms with E-state index >= 15 is 0 Å². The molecule has 2 rings (SSSR count). The second kappa shape index (κ2) is 6.30. The summed E-state index contributed by atoms with van der Waals surface area (Å²) in [4.78, 5) is 0. The summed E-state index contributed by atoms with van der Waals surface area (Å²) < 4.78 is 66.4. The fraction of sp³-hybridized carbons (Fsp3) is 1.00. The monoisotopic (exact) mass is 342 g/mol. The van der Waals surface area contributed by atoms with Crippen LogP contribution in [0.25, 0.3) is 0 Å². The van der Waals surface area contributed by atoms with Crippen LogP contribution in [0, 0.1) is 17.8 Å². The van der Waals surface area contributed by atoms with Crippen LogP contribution >= 0.6 is 0 Å². The Hall–Kier alpha value is -0.310. The average Bonchev–Trinajstić information content (AvgIpc) is 2.35. The van der Waals surface area contributed by atoms with Crippen LogP contribution in [-0.4, -0.2) is 44.1 Å². The highest BCUT2D eigenvalue weighted by atomic mass is 32.2. The Morgan fingerprint density at radius 1 is 1.27 bits per heavy atom. The molecule has 0 amide bonds. The van der Waals surface area contributed by atoms with Gasteiger partial charge >= 0.3 is 15.4 Å². The van der Waals surface area contributed by atoms with Gasteiger partial charge in [0, 0.05) is 13.7 Å². The summed E-state index contributed by atoms with van der Waals surface area (Å²) in [5.74, 6) is 1.15. The quantitative estimate of drug-likeness (QED) is 0.752. The van der Waals surface area contributed by atoms with Gasteiger partial charge in [-0.05, 0) is 49.9 Å². The highest BCUT2D eigenvalue weighted by Gasteiger charge is 2.47. The van der Waals surface area contributed by atoms with E-state index in [0.29, 0.717) is 11.8 Å². The molecule has 22 heavy (non-hydrogen) atoms. The Morgan fingerprint density at radius 2 is 1.95 bits per heavy atom. The molecule has 0 aliphatic heterocycles. The van der Waals surface area contributed by atoms with Crippen molar-refractivity contribution in [1.29, 1.82) is 0 Å². The van der Waals surface area contributed by atoms with Crippen LogP contribution in [0.2, 0.25) is 0 Å². The van der Waals surface area contributed by atoms with E-state index in [4.69, 9.17) is 14.0 Å². The first-order chi connectivity index (χ1) is 10.1. The van der Waals surface area contributed by atoms with Crippen LogP contribution in [0.3, 0.4) is 0 Å². The summed E-state index contributed by atoms with van der Waals surface area (Å²) in [6.45, 7) is 0.938. The lowest BCUT2D eigenvalue weighted by atomic mass is 9.62. The molecule has 8 heteroatoms. The second-order valence-electron chi connectivity index (χ2n) is 6.94. The van der Waals surface area contributed by atoms with Crippen molar-refractivity contribution in [2.75, 3.05) is 20.3 Å². The van der Waals surface area contributed by atoms with Gasteiger partial charge in [0.2, 0.25) is 0 Å². The molecule has 0 aromatic heterocycles. The fourth-order valence-corrected chi connectivity index (χ4v) is 4.44. The zero-order chi connectivity index (χ0) is 16.6. The van der Waals surface area contributed by atoms with Crippen LogP contribution in [0.1, 0.15) is 39.0 Å². The molecule has 2 bridgehead atoms. The molecule has 0 heterocycles. The minimum atomic E-state index is -5.43. The molecule has 0 aromatic carbocycles. The third-order valence-corrected chi connectivity index (χ3v) is 5.75. The zero-order valence-electron chi connectivity index (χ0n) is 12.9. The van der Waals surface area contributed by atoms with Crippen molar-refractivity contribution < 1.29 is 31.2 Å².